The normalized spacial score (nSPS) is 11.4. The first-order valence-electron chi connectivity index (χ1n) is 7.72. The van der Waals surface area contributed by atoms with Crippen molar-refractivity contribution in [2.75, 3.05) is 18.0 Å². The number of benzene rings is 1. The fourth-order valence-corrected chi connectivity index (χ4v) is 2.36. The monoisotopic (exact) mass is 280 g/mol. The van der Waals surface area contributed by atoms with Crippen LogP contribution in [0.1, 0.15) is 46.6 Å². The van der Waals surface area contributed by atoms with Crippen LogP contribution >= 0.6 is 0 Å². The summed E-state index contributed by atoms with van der Waals surface area (Å²) in [6.07, 6.45) is 1.06. The number of rotatable bonds is 8. The third-order valence-electron chi connectivity index (χ3n) is 3.32. The highest BCUT2D eigenvalue weighted by Crippen LogP contribution is 2.26. The molecule has 0 aliphatic heterocycles. The van der Waals surface area contributed by atoms with Crippen molar-refractivity contribution in [3.63, 3.8) is 0 Å². The topological polar surface area (TPSA) is 15.3 Å². The van der Waals surface area contributed by atoms with Gasteiger partial charge in [0.15, 0.2) is 0 Å². The van der Waals surface area contributed by atoms with Crippen LogP contribution in [0, 0.1) is 11.7 Å². The smallest absolute Gasteiger partial charge is 0.129 e. The molecule has 114 valence electrons. The Morgan fingerprint density at radius 3 is 2.45 bits per heavy atom. The quantitative estimate of drug-likeness (QED) is 0.718. The van der Waals surface area contributed by atoms with Gasteiger partial charge in [0.05, 0.1) is 0 Å². The number of hydrogen-bond acceptors (Lipinski definition) is 2. The summed E-state index contributed by atoms with van der Waals surface area (Å²) < 4.78 is 14.2. The Balaban J connectivity index is 3.03. The second kappa shape index (κ2) is 8.25. The third kappa shape index (κ3) is 4.78. The van der Waals surface area contributed by atoms with Gasteiger partial charge in [-0.15, -0.1) is 0 Å². The van der Waals surface area contributed by atoms with E-state index < -0.39 is 0 Å². The minimum absolute atomic E-state index is 0.111. The van der Waals surface area contributed by atoms with Crippen LogP contribution in [0.4, 0.5) is 10.1 Å². The Morgan fingerprint density at radius 1 is 1.20 bits per heavy atom. The Morgan fingerprint density at radius 2 is 1.90 bits per heavy atom. The maximum absolute atomic E-state index is 14.2. The molecule has 0 aromatic heterocycles. The van der Waals surface area contributed by atoms with Crippen molar-refractivity contribution in [1.29, 1.82) is 0 Å². The minimum atomic E-state index is -0.111. The van der Waals surface area contributed by atoms with E-state index in [0.717, 1.165) is 30.8 Å². The molecular weight excluding hydrogens is 251 g/mol. The summed E-state index contributed by atoms with van der Waals surface area (Å²) in [5.74, 6) is 0.442. The van der Waals surface area contributed by atoms with Crippen LogP contribution in [0.5, 0.6) is 0 Å². The fraction of sp³-hybridized carbons (Fsp3) is 0.647. The van der Waals surface area contributed by atoms with Crippen molar-refractivity contribution < 1.29 is 4.39 Å². The van der Waals surface area contributed by atoms with Gasteiger partial charge in [0.25, 0.3) is 0 Å². The molecule has 1 aromatic carbocycles. The summed E-state index contributed by atoms with van der Waals surface area (Å²) in [7, 11) is 0. The van der Waals surface area contributed by atoms with Crippen LogP contribution in [0.15, 0.2) is 18.2 Å². The fourth-order valence-electron chi connectivity index (χ4n) is 2.36. The van der Waals surface area contributed by atoms with Gasteiger partial charge in [-0.3, -0.25) is 0 Å². The average molecular weight is 280 g/mol. The van der Waals surface area contributed by atoms with Crippen molar-refractivity contribution in [1.82, 2.24) is 5.32 Å². The van der Waals surface area contributed by atoms with Crippen LogP contribution in [0.3, 0.4) is 0 Å². The molecule has 0 aliphatic rings. The number of anilines is 1. The molecule has 0 saturated heterocycles. The summed E-state index contributed by atoms with van der Waals surface area (Å²) in [6, 6.07) is 5.77. The van der Waals surface area contributed by atoms with Gasteiger partial charge < -0.3 is 10.2 Å². The Hall–Kier alpha value is -1.09. The number of nitrogens with one attached hydrogen (secondary N) is 1. The lowest BCUT2D eigenvalue weighted by Gasteiger charge is -2.32. The molecule has 0 fully saturated rings. The van der Waals surface area contributed by atoms with E-state index in [-0.39, 0.29) is 5.82 Å². The summed E-state index contributed by atoms with van der Waals surface area (Å²) >= 11 is 0. The highest BCUT2D eigenvalue weighted by Gasteiger charge is 2.17. The van der Waals surface area contributed by atoms with Gasteiger partial charge in [-0.2, -0.15) is 0 Å². The van der Waals surface area contributed by atoms with E-state index in [9.17, 15) is 4.39 Å². The van der Waals surface area contributed by atoms with Crippen molar-refractivity contribution >= 4 is 5.69 Å². The van der Waals surface area contributed by atoms with E-state index in [4.69, 9.17) is 0 Å². The lowest BCUT2D eigenvalue weighted by Crippen LogP contribution is -2.35. The predicted molar refractivity (Wildman–Crippen MR) is 85.7 cm³/mol. The number of nitrogens with zero attached hydrogens (tertiary/aromatic N) is 1. The molecule has 1 N–H and O–H groups in total. The standard InChI is InChI=1S/C17H29FN2/c1-6-10-19-11-15-16(18)8-7-9-17(15)20(14(4)5)12-13(2)3/h7-9,13-14,19H,6,10-12H2,1-5H3. The van der Waals surface area contributed by atoms with Crippen LogP contribution in [0.25, 0.3) is 0 Å². The van der Waals surface area contributed by atoms with Crippen LogP contribution < -0.4 is 10.2 Å². The van der Waals surface area contributed by atoms with Crippen LogP contribution in [0.2, 0.25) is 0 Å². The summed E-state index contributed by atoms with van der Waals surface area (Å²) in [5.41, 5.74) is 1.81. The summed E-state index contributed by atoms with van der Waals surface area (Å²) in [5, 5.41) is 3.31. The molecule has 0 aliphatic carbocycles. The van der Waals surface area contributed by atoms with Crippen molar-refractivity contribution in [2.24, 2.45) is 5.92 Å². The van der Waals surface area contributed by atoms with Gasteiger partial charge in [-0.05, 0) is 44.9 Å². The van der Waals surface area contributed by atoms with Gasteiger partial charge in [0, 0.05) is 30.4 Å². The Labute approximate surface area is 123 Å². The molecule has 3 heteroatoms. The molecule has 0 radical (unpaired) electrons. The van der Waals surface area contributed by atoms with E-state index in [2.05, 4.69) is 44.8 Å². The molecule has 0 unspecified atom stereocenters. The first-order chi connectivity index (χ1) is 9.47. The Bertz CT molecular complexity index is 402. The zero-order valence-corrected chi connectivity index (χ0v) is 13.5. The predicted octanol–water partition coefficient (Wildman–Crippen LogP) is 4.20. The molecular formula is C17H29FN2. The van der Waals surface area contributed by atoms with E-state index in [1.54, 1.807) is 6.07 Å². The Kier molecular flexibility index (Phi) is 7.00. The first-order valence-corrected chi connectivity index (χ1v) is 7.72. The third-order valence-corrected chi connectivity index (χ3v) is 3.32. The van der Waals surface area contributed by atoms with E-state index in [1.165, 1.54) is 0 Å². The molecule has 0 amide bonds. The molecule has 0 heterocycles. The molecule has 0 saturated carbocycles. The number of hydrogen-bond donors (Lipinski definition) is 1. The molecule has 1 aromatic rings. The van der Waals surface area contributed by atoms with Crippen molar-refractivity contribution in [3.8, 4) is 0 Å². The van der Waals surface area contributed by atoms with Gasteiger partial charge >= 0.3 is 0 Å². The average Bonchev–Trinajstić information content (AvgIpc) is 2.37. The molecule has 0 bridgehead atoms. The van der Waals surface area contributed by atoms with Crippen molar-refractivity contribution in [2.45, 2.75) is 53.6 Å². The molecule has 20 heavy (non-hydrogen) atoms. The lowest BCUT2D eigenvalue weighted by atomic mass is 10.1. The van der Waals surface area contributed by atoms with Gasteiger partial charge in [0.1, 0.15) is 5.82 Å². The largest absolute Gasteiger partial charge is 0.369 e. The minimum Gasteiger partial charge on any atom is -0.369 e. The maximum atomic E-state index is 14.2. The zero-order chi connectivity index (χ0) is 15.1. The van der Waals surface area contributed by atoms with Crippen molar-refractivity contribution in [3.05, 3.63) is 29.6 Å². The maximum Gasteiger partial charge on any atom is 0.129 e. The van der Waals surface area contributed by atoms with Gasteiger partial charge in [-0.25, -0.2) is 4.39 Å². The molecule has 1 rings (SSSR count). The SMILES string of the molecule is CCCNCc1c(F)cccc1N(CC(C)C)C(C)C. The van der Waals surface area contributed by atoms with E-state index in [0.29, 0.717) is 18.5 Å². The molecule has 0 spiro atoms. The van der Waals surface area contributed by atoms with Crippen LogP contribution in [-0.4, -0.2) is 19.1 Å². The van der Waals surface area contributed by atoms with E-state index in [1.807, 2.05) is 12.1 Å². The zero-order valence-electron chi connectivity index (χ0n) is 13.5. The summed E-state index contributed by atoms with van der Waals surface area (Å²) in [6.45, 7) is 13.3. The van der Waals surface area contributed by atoms with E-state index >= 15 is 0 Å². The lowest BCUT2D eigenvalue weighted by molar-refractivity contribution is 0.554. The first kappa shape index (κ1) is 17.0. The number of halogens is 1. The summed E-state index contributed by atoms with van der Waals surface area (Å²) in [4.78, 5) is 2.30. The highest BCUT2D eigenvalue weighted by molar-refractivity contribution is 5.55. The second-order valence-electron chi connectivity index (χ2n) is 6.05. The van der Waals surface area contributed by atoms with Gasteiger partial charge in [-0.1, -0.05) is 26.8 Å². The molecule has 2 nitrogen and oxygen atoms in total. The van der Waals surface area contributed by atoms with Gasteiger partial charge in [0.2, 0.25) is 0 Å². The van der Waals surface area contributed by atoms with Crippen LogP contribution in [-0.2, 0) is 6.54 Å². The second-order valence-corrected chi connectivity index (χ2v) is 6.05. The highest BCUT2D eigenvalue weighted by atomic mass is 19.1. The molecule has 0 atom stereocenters.